The van der Waals surface area contributed by atoms with E-state index in [1.165, 1.54) is 24.2 Å². The van der Waals surface area contributed by atoms with Gasteiger partial charge in [-0.3, -0.25) is 5.32 Å². The molecule has 0 aliphatic heterocycles. The number of hydrogen-bond donors (Lipinski definition) is 3. The molecule has 1 heterocycles. The molecule has 0 unspecified atom stereocenters. The highest BCUT2D eigenvalue weighted by molar-refractivity contribution is 7.14. The van der Waals surface area contributed by atoms with E-state index >= 15 is 0 Å². The fourth-order valence-electron chi connectivity index (χ4n) is 2.55. The molecule has 110 valence electrons. The third-order valence-corrected chi connectivity index (χ3v) is 4.36. The van der Waals surface area contributed by atoms with Crippen LogP contribution < -0.4 is 16.4 Å². The van der Waals surface area contributed by atoms with Crippen LogP contribution in [0.1, 0.15) is 25.7 Å². The van der Waals surface area contributed by atoms with Crippen LogP contribution >= 0.6 is 11.3 Å². The third-order valence-electron chi connectivity index (χ3n) is 3.60. The molecule has 1 aromatic carbocycles. The van der Waals surface area contributed by atoms with Crippen LogP contribution in [0.3, 0.4) is 0 Å². The van der Waals surface area contributed by atoms with Crippen molar-refractivity contribution in [3.05, 3.63) is 29.6 Å². The smallest absolute Gasteiger partial charge is 0.321 e. The molecule has 0 saturated heterocycles. The molecule has 5 nitrogen and oxygen atoms in total. The first-order valence-corrected chi connectivity index (χ1v) is 7.97. The lowest BCUT2D eigenvalue weighted by Gasteiger charge is -2.11. The lowest BCUT2D eigenvalue weighted by atomic mass is 10.1. The second kappa shape index (κ2) is 6.13. The predicted molar refractivity (Wildman–Crippen MR) is 86.4 cm³/mol. The number of rotatable bonds is 3. The summed E-state index contributed by atoms with van der Waals surface area (Å²) in [5.41, 5.74) is 8.25. The van der Waals surface area contributed by atoms with Gasteiger partial charge in [-0.05, 0) is 25.0 Å². The number of urea groups is 1. The van der Waals surface area contributed by atoms with Crippen molar-refractivity contribution in [1.29, 1.82) is 0 Å². The van der Waals surface area contributed by atoms with Gasteiger partial charge in [0.05, 0.1) is 5.69 Å². The van der Waals surface area contributed by atoms with E-state index in [9.17, 15) is 4.79 Å². The average molecular weight is 302 g/mol. The molecule has 3 rings (SSSR count). The first kappa shape index (κ1) is 13.9. The van der Waals surface area contributed by atoms with Crippen molar-refractivity contribution in [3.8, 4) is 11.3 Å². The van der Waals surface area contributed by atoms with Crippen molar-refractivity contribution in [2.75, 3.05) is 11.1 Å². The Morgan fingerprint density at radius 1 is 1.33 bits per heavy atom. The Bertz CT molecular complexity index is 634. The maximum atomic E-state index is 11.9. The van der Waals surface area contributed by atoms with Crippen LogP contribution in [0.2, 0.25) is 0 Å². The minimum atomic E-state index is -0.171. The molecule has 1 fully saturated rings. The van der Waals surface area contributed by atoms with Gasteiger partial charge in [-0.2, -0.15) is 0 Å². The number of hydrogen-bond acceptors (Lipinski definition) is 4. The molecule has 0 radical (unpaired) electrons. The molecule has 1 saturated carbocycles. The largest absolute Gasteiger partial charge is 0.399 e. The molecule has 2 amide bonds. The van der Waals surface area contributed by atoms with Gasteiger partial charge in [-0.15, -0.1) is 11.3 Å². The van der Waals surface area contributed by atoms with E-state index in [2.05, 4.69) is 15.6 Å². The average Bonchev–Trinajstić information content (AvgIpc) is 3.10. The number of benzene rings is 1. The normalized spacial score (nSPS) is 15.0. The third kappa shape index (κ3) is 3.52. The number of nitrogens with two attached hydrogens (primary N) is 1. The summed E-state index contributed by atoms with van der Waals surface area (Å²) < 4.78 is 0. The van der Waals surface area contributed by atoms with Crippen LogP contribution in [0.25, 0.3) is 11.3 Å². The van der Waals surface area contributed by atoms with Gasteiger partial charge >= 0.3 is 6.03 Å². The number of aromatic nitrogens is 1. The number of amides is 2. The maximum Gasteiger partial charge on any atom is 0.321 e. The summed E-state index contributed by atoms with van der Waals surface area (Å²) in [5.74, 6) is 0. The van der Waals surface area contributed by atoms with Crippen molar-refractivity contribution in [1.82, 2.24) is 10.3 Å². The Balaban J connectivity index is 1.63. The Kier molecular flexibility index (Phi) is 4.06. The van der Waals surface area contributed by atoms with Crippen LogP contribution in [0, 0.1) is 0 Å². The van der Waals surface area contributed by atoms with E-state index in [0.29, 0.717) is 16.9 Å². The molecular formula is C15H18N4OS. The Hall–Kier alpha value is -2.08. The highest BCUT2D eigenvalue weighted by Gasteiger charge is 2.17. The molecule has 0 spiro atoms. The molecule has 0 bridgehead atoms. The highest BCUT2D eigenvalue weighted by atomic mass is 32.1. The van der Waals surface area contributed by atoms with Crippen molar-refractivity contribution >= 4 is 28.2 Å². The van der Waals surface area contributed by atoms with Crippen LogP contribution in [-0.4, -0.2) is 17.1 Å². The molecule has 4 N–H and O–H groups in total. The molecule has 0 atom stereocenters. The summed E-state index contributed by atoms with van der Waals surface area (Å²) >= 11 is 1.41. The maximum absolute atomic E-state index is 11.9. The molecule has 21 heavy (non-hydrogen) atoms. The van der Waals surface area contributed by atoms with Crippen LogP contribution in [0.4, 0.5) is 15.6 Å². The lowest BCUT2D eigenvalue weighted by molar-refractivity contribution is 0.248. The highest BCUT2D eigenvalue weighted by Crippen LogP contribution is 2.26. The summed E-state index contributed by atoms with van der Waals surface area (Å²) in [6.07, 6.45) is 4.53. The molecule has 1 aliphatic rings. The van der Waals surface area contributed by atoms with Crippen molar-refractivity contribution < 1.29 is 4.79 Å². The topological polar surface area (TPSA) is 80.0 Å². The predicted octanol–water partition coefficient (Wildman–Crippen LogP) is 3.46. The Labute approximate surface area is 127 Å². The van der Waals surface area contributed by atoms with Gasteiger partial charge in [0.15, 0.2) is 5.13 Å². The fraction of sp³-hybridized carbons (Fsp3) is 0.333. The Morgan fingerprint density at radius 2 is 2.14 bits per heavy atom. The van der Waals surface area contributed by atoms with Gasteiger partial charge in [-0.1, -0.05) is 25.0 Å². The van der Waals surface area contributed by atoms with E-state index in [1.54, 1.807) is 0 Å². The summed E-state index contributed by atoms with van der Waals surface area (Å²) in [7, 11) is 0. The van der Waals surface area contributed by atoms with E-state index in [1.807, 2.05) is 29.6 Å². The zero-order valence-electron chi connectivity index (χ0n) is 11.6. The Morgan fingerprint density at radius 3 is 2.90 bits per heavy atom. The molecule has 1 aliphatic carbocycles. The lowest BCUT2D eigenvalue weighted by Crippen LogP contribution is -2.36. The first-order chi connectivity index (χ1) is 10.2. The molecule has 1 aromatic heterocycles. The van der Waals surface area contributed by atoms with Gasteiger partial charge in [0, 0.05) is 22.7 Å². The van der Waals surface area contributed by atoms with Crippen molar-refractivity contribution in [2.24, 2.45) is 0 Å². The van der Waals surface area contributed by atoms with E-state index in [0.717, 1.165) is 24.1 Å². The standard InChI is InChI=1S/C15H18N4OS/c16-11-5-3-4-10(8-11)13-9-21-15(18-13)19-14(20)17-12-6-1-2-7-12/h3-5,8-9,12H,1-2,6-7,16H2,(H2,17,18,19,20). The van der Waals surface area contributed by atoms with E-state index < -0.39 is 0 Å². The minimum absolute atomic E-state index is 0.171. The van der Waals surface area contributed by atoms with Gasteiger partial charge in [0.2, 0.25) is 0 Å². The van der Waals surface area contributed by atoms with Crippen LogP contribution in [0.5, 0.6) is 0 Å². The summed E-state index contributed by atoms with van der Waals surface area (Å²) in [6.45, 7) is 0. The van der Waals surface area contributed by atoms with Crippen LogP contribution in [0.15, 0.2) is 29.6 Å². The second-order valence-electron chi connectivity index (χ2n) is 5.24. The first-order valence-electron chi connectivity index (χ1n) is 7.10. The zero-order chi connectivity index (χ0) is 14.7. The van der Waals surface area contributed by atoms with Gasteiger partial charge in [0.1, 0.15) is 0 Å². The molecule has 2 aromatic rings. The SMILES string of the molecule is Nc1cccc(-c2csc(NC(=O)NC3CCCC3)n2)c1. The second-order valence-corrected chi connectivity index (χ2v) is 6.10. The summed E-state index contributed by atoms with van der Waals surface area (Å²) in [4.78, 5) is 16.3. The molecule has 6 heteroatoms. The summed E-state index contributed by atoms with van der Waals surface area (Å²) in [5, 5.41) is 8.30. The summed E-state index contributed by atoms with van der Waals surface area (Å²) in [6, 6.07) is 7.69. The minimum Gasteiger partial charge on any atom is -0.399 e. The van der Waals surface area contributed by atoms with Gasteiger partial charge in [-0.25, -0.2) is 9.78 Å². The van der Waals surface area contributed by atoms with Crippen molar-refractivity contribution in [3.63, 3.8) is 0 Å². The quantitative estimate of drug-likeness (QED) is 0.760. The number of nitrogens with one attached hydrogen (secondary N) is 2. The number of thiazole rings is 1. The van der Waals surface area contributed by atoms with Crippen LogP contribution in [-0.2, 0) is 0 Å². The number of carbonyl (C=O) groups is 1. The number of nitrogens with zero attached hydrogens (tertiary/aromatic N) is 1. The van der Waals surface area contributed by atoms with Gasteiger partial charge < -0.3 is 11.1 Å². The zero-order valence-corrected chi connectivity index (χ0v) is 12.5. The molecular weight excluding hydrogens is 284 g/mol. The van der Waals surface area contributed by atoms with E-state index in [-0.39, 0.29) is 6.03 Å². The number of carbonyl (C=O) groups excluding carboxylic acids is 1. The monoisotopic (exact) mass is 302 g/mol. The van der Waals surface area contributed by atoms with E-state index in [4.69, 9.17) is 5.73 Å². The number of nitrogen functional groups attached to an aromatic ring is 1. The fourth-order valence-corrected chi connectivity index (χ4v) is 3.27. The number of anilines is 2. The van der Waals surface area contributed by atoms with Gasteiger partial charge in [0.25, 0.3) is 0 Å². The van der Waals surface area contributed by atoms with Crippen molar-refractivity contribution in [2.45, 2.75) is 31.7 Å².